The molecule has 7 heteroatoms. The number of hydrogen-bond acceptors (Lipinski definition) is 3. The van der Waals surface area contributed by atoms with Crippen LogP contribution in [-0.2, 0) is 4.79 Å². The van der Waals surface area contributed by atoms with Gasteiger partial charge in [0.2, 0.25) is 0 Å². The third-order valence-corrected chi connectivity index (χ3v) is 2.69. The molecule has 1 aromatic rings. The van der Waals surface area contributed by atoms with E-state index >= 15 is 0 Å². The number of β-amino-alcohol motifs (C(OH)–C–C–N with tert-alkyl or cyclic N) is 1. The van der Waals surface area contributed by atoms with Crippen LogP contribution < -0.4 is 4.90 Å². The Balaban J connectivity index is 2.34. The van der Waals surface area contributed by atoms with Crippen LogP contribution in [0, 0.1) is 12.4 Å². The van der Waals surface area contributed by atoms with E-state index in [-0.39, 0.29) is 31.1 Å². The summed E-state index contributed by atoms with van der Waals surface area (Å²) in [4.78, 5) is 28.6. The summed E-state index contributed by atoms with van der Waals surface area (Å²) in [5, 5.41) is 8.78. The maximum Gasteiger partial charge on any atom is 0.331 e. The normalized spacial score (nSPS) is 15.0. The van der Waals surface area contributed by atoms with Gasteiger partial charge in [-0.1, -0.05) is 0 Å². The average Bonchev–Trinajstić information content (AvgIpc) is 2.66. The molecule has 0 saturated carbocycles. The van der Waals surface area contributed by atoms with Crippen LogP contribution in [-0.4, -0.2) is 41.6 Å². The van der Waals surface area contributed by atoms with Gasteiger partial charge in [0.05, 0.1) is 19.7 Å². The molecule has 0 atom stereocenters. The predicted octanol–water partition coefficient (Wildman–Crippen LogP) is 1.14. The topological polar surface area (TPSA) is 65.2 Å². The van der Waals surface area contributed by atoms with Crippen molar-refractivity contribution >= 4 is 23.3 Å². The number of nitrogens with zero attached hydrogens (tertiary/aromatic N) is 3. The molecule has 1 aliphatic rings. The van der Waals surface area contributed by atoms with Crippen LogP contribution in [0.15, 0.2) is 18.2 Å². The number of rotatable bonds is 3. The molecule has 1 aliphatic heterocycles. The second-order valence-corrected chi connectivity index (χ2v) is 3.92. The minimum Gasteiger partial charge on any atom is -0.395 e. The fourth-order valence-corrected chi connectivity index (χ4v) is 1.84. The lowest BCUT2D eigenvalue weighted by Gasteiger charge is -2.16. The van der Waals surface area contributed by atoms with Crippen LogP contribution >= 0.6 is 0 Å². The Bertz CT molecular complexity index is 582. The van der Waals surface area contributed by atoms with Crippen molar-refractivity contribution in [3.8, 4) is 0 Å². The number of urea groups is 1. The average molecular weight is 263 g/mol. The molecule has 6 nitrogen and oxygen atoms in total. The van der Waals surface area contributed by atoms with Gasteiger partial charge in [-0.3, -0.25) is 14.6 Å². The molecule has 1 heterocycles. The molecule has 1 N–H and O–H groups in total. The molecule has 1 saturated heterocycles. The monoisotopic (exact) mass is 263 g/mol. The lowest BCUT2D eigenvalue weighted by Crippen LogP contribution is -2.35. The molecular formula is C12H10FN3O3. The molecule has 0 bridgehead atoms. The van der Waals surface area contributed by atoms with Crippen molar-refractivity contribution in [1.82, 2.24) is 4.90 Å². The van der Waals surface area contributed by atoms with Gasteiger partial charge in [-0.25, -0.2) is 14.0 Å². The number of aliphatic hydroxyl groups is 1. The molecule has 3 amide bonds. The van der Waals surface area contributed by atoms with Crippen molar-refractivity contribution in [2.75, 3.05) is 24.6 Å². The summed E-state index contributed by atoms with van der Waals surface area (Å²) in [6.45, 7) is 6.20. The van der Waals surface area contributed by atoms with Gasteiger partial charge >= 0.3 is 6.03 Å². The van der Waals surface area contributed by atoms with Crippen LogP contribution in [0.2, 0.25) is 0 Å². The number of carbonyl (C=O) groups is 2. The summed E-state index contributed by atoms with van der Waals surface area (Å²) < 4.78 is 13.3. The number of aliphatic hydroxyl groups excluding tert-OH is 1. The number of benzene rings is 1. The molecule has 1 fully saturated rings. The zero-order valence-corrected chi connectivity index (χ0v) is 9.84. The van der Waals surface area contributed by atoms with Crippen molar-refractivity contribution in [1.29, 1.82) is 0 Å². The maximum absolute atomic E-state index is 13.3. The van der Waals surface area contributed by atoms with E-state index in [2.05, 4.69) is 4.85 Å². The number of anilines is 1. The summed E-state index contributed by atoms with van der Waals surface area (Å²) >= 11 is 0. The molecule has 0 aliphatic carbocycles. The summed E-state index contributed by atoms with van der Waals surface area (Å²) in [6.07, 6.45) is 0. The Kier molecular flexibility index (Phi) is 3.44. The lowest BCUT2D eigenvalue weighted by molar-refractivity contribution is -0.125. The first-order chi connectivity index (χ1) is 9.06. The maximum atomic E-state index is 13.3. The Hall–Kier alpha value is -2.46. The number of carbonyl (C=O) groups excluding carboxylic acids is 2. The molecule has 19 heavy (non-hydrogen) atoms. The Morgan fingerprint density at radius 2 is 2.11 bits per heavy atom. The molecule has 0 aromatic heterocycles. The Labute approximate surface area is 108 Å². The molecule has 0 radical (unpaired) electrons. The van der Waals surface area contributed by atoms with Gasteiger partial charge in [0.25, 0.3) is 5.91 Å². The zero-order chi connectivity index (χ0) is 14.0. The highest BCUT2D eigenvalue weighted by molar-refractivity contribution is 6.12. The number of imide groups is 1. The Morgan fingerprint density at radius 3 is 2.74 bits per heavy atom. The largest absolute Gasteiger partial charge is 0.395 e. The van der Waals surface area contributed by atoms with Gasteiger partial charge in [0, 0.05) is 5.69 Å². The van der Waals surface area contributed by atoms with Crippen molar-refractivity contribution in [2.24, 2.45) is 0 Å². The SMILES string of the molecule is [C-]#[N+]c1cc(F)cc(N2CC(=O)N(CCO)C2=O)c1. The summed E-state index contributed by atoms with van der Waals surface area (Å²) in [7, 11) is 0. The van der Waals surface area contributed by atoms with E-state index in [0.717, 1.165) is 21.9 Å². The van der Waals surface area contributed by atoms with E-state index < -0.39 is 17.8 Å². The van der Waals surface area contributed by atoms with Gasteiger partial charge in [0.15, 0.2) is 5.69 Å². The van der Waals surface area contributed by atoms with Gasteiger partial charge in [-0.15, -0.1) is 0 Å². The molecule has 0 spiro atoms. The zero-order valence-electron chi connectivity index (χ0n) is 9.84. The molecule has 98 valence electrons. The minimum absolute atomic E-state index is 0.0517. The van der Waals surface area contributed by atoms with Gasteiger partial charge < -0.3 is 5.11 Å². The second-order valence-electron chi connectivity index (χ2n) is 3.92. The summed E-state index contributed by atoms with van der Waals surface area (Å²) in [6, 6.07) is 2.84. The third kappa shape index (κ3) is 2.39. The van der Waals surface area contributed by atoms with E-state index in [0.29, 0.717) is 0 Å². The highest BCUT2D eigenvalue weighted by Crippen LogP contribution is 2.27. The highest BCUT2D eigenvalue weighted by atomic mass is 19.1. The van der Waals surface area contributed by atoms with Crippen LogP contribution in [0.3, 0.4) is 0 Å². The van der Waals surface area contributed by atoms with Crippen molar-refractivity contribution in [2.45, 2.75) is 0 Å². The lowest BCUT2D eigenvalue weighted by atomic mass is 10.2. The quantitative estimate of drug-likeness (QED) is 0.657. The first-order valence-electron chi connectivity index (χ1n) is 5.47. The highest BCUT2D eigenvalue weighted by Gasteiger charge is 2.36. The van der Waals surface area contributed by atoms with Crippen molar-refractivity contribution < 1.29 is 19.1 Å². The fraction of sp³-hybridized carbons (Fsp3) is 0.250. The summed E-state index contributed by atoms with van der Waals surface area (Å²) in [5.41, 5.74) is 0.209. The van der Waals surface area contributed by atoms with Gasteiger partial charge in [0.1, 0.15) is 12.4 Å². The van der Waals surface area contributed by atoms with E-state index in [1.54, 1.807) is 0 Å². The number of halogens is 1. The molecule has 1 aromatic carbocycles. The van der Waals surface area contributed by atoms with E-state index in [4.69, 9.17) is 11.7 Å². The first kappa shape index (κ1) is 13.0. The van der Waals surface area contributed by atoms with Crippen LogP contribution in [0.1, 0.15) is 0 Å². The van der Waals surface area contributed by atoms with Crippen LogP contribution in [0.25, 0.3) is 4.85 Å². The predicted molar refractivity (Wildman–Crippen MR) is 64.2 cm³/mol. The molecule has 0 unspecified atom stereocenters. The third-order valence-electron chi connectivity index (χ3n) is 2.69. The second kappa shape index (κ2) is 5.04. The van der Waals surface area contributed by atoms with E-state index in [9.17, 15) is 14.0 Å². The fourth-order valence-electron chi connectivity index (χ4n) is 1.84. The van der Waals surface area contributed by atoms with Crippen molar-refractivity contribution in [3.63, 3.8) is 0 Å². The van der Waals surface area contributed by atoms with Crippen molar-refractivity contribution in [3.05, 3.63) is 35.4 Å². The summed E-state index contributed by atoms with van der Waals surface area (Å²) in [5.74, 6) is -1.11. The molecule has 2 rings (SSSR count). The van der Waals surface area contributed by atoms with E-state index in [1.165, 1.54) is 6.07 Å². The minimum atomic E-state index is -0.649. The van der Waals surface area contributed by atoms with Gasteiger partial charge in [-0.2, -0.15) is 0 Å². The van der Waals surface area contributed by atoms with E-state index in [1.807, 2.05) is 0 Å². The van der Waals surface area contributed by atoms with Crippen LogP contribution in [0.4, 0.5) is 20.6 Å². The first-order valence-corrected chi connectivity index (χ1v) is 5.47. The Morgan fingerprint density at radius 1 is 1.37 bits per heavy atom. The number of hydrogen-bond donors (Lipinski definition) is 1. The standard InChI is InChI=1S/C12H10FN3O3/c1-14-9-4-8(13)5-10(6-9)16-7-11(18)15(2-3-17)12(16)19/h4-6,17H,2-3,7H2. The van der Waals surface area contributed by atoms with Gasteiger partial charge in [-0.05, 0) is 18.2 Å². The smallest absolute Gasteiger partial charge is 0.331 e. The van der Waals surface area contributed by atoms with Crippen LogP contribution in [0.5, 0.6) is 0 Å². The number of amides is 3. The molecular weight excluding hydrogens is 253 g/mol.